The largest absolute Gasteiger partial charge is 0.367 e. The molecular weight excluding hydrogens is 246 g/mol. The van der Waals surface area contributed by atoms with Gasteiger partial charge in [0.05, 0.1) is 10.6 Å². The number of nitro benzene ring substituents is 1. The van der Waals surface area contributed by atoms with Gasteiger partial charge in [0.25, 0.3) is 5.69 Å². The lowest BCUT2D eigenvalue weighted by Crippen LogP contribution is -2.22. The summed E-state index contributed by atoms with van der Waals surface area (Å²) in [5, 5.41) is 18.6. The molecule has 0 aliphatic rings. The van der Waals surface area contributed by atoms with Gasteiger partial charge in [-0.15, -0.1) is 10.2 Å². The predicted octanol–water partition coefficient (Wildman–Crippen LogP) is 2.02. The van der Waals surface area contributed by atoms with Gasteiger partial charge in [-0.1, -0.05) is 0 Å². The second kappa shape index (κ2) is 5.47. The van der Waals surface area contributed by atoms with Gasteiger partial charge in [0, 0.05) is 19.2 Å². The van der Waals surface area contributed by atoms with Crippen LogP contribution in [0.3, 0.4) is 0 Å². The van der Waals surface area contributed by atoms with Crippen molar-refractivity contribution in [3.8, 4) is 5.69 Å². The molecule has 0 spiro atoms. The first-order valence-electron chi connectivity index (χ1n) is 6.05. The summed E-state index contributed by atoms with van der Waals surface area (Å²) in [6, 6.07) is 5.13. The fraction of sp³-hybridized carbons (Fsp3) is 0.333. The van der Waals surface area contributed by atoms with Crippen LogP contribution in [0.5, 0.6) is 0 Å². The van der Waals surface area contributed by atoms with E-state index in [1.807, 2.05) is 24.8 Å². The normalized spacial score (nSPS) is 10.4. The van der Waals surface area contributed by atoms with E-state index in [1.54, 1.807) is 10.6 Å². The van der Waals surface area contributed by atoms with E-state index in [0.717, 1.165) is 13.1 Å². The van der Waals surface area contributed by atoms with E-state index in [4.69, 9.17) is 0 Å². The zero-order valence-corrected chi connectivity index (χ0v) is 10.9. The molecule has 0 radical (unpaired) electrons. The lowest BCUT2D eigenvalue weighted by Gasteiger charge is -2.21. The average Bonchev–Trinajstić information content (AvgIpc) is 2.94. The summed E-state index contributed by atoms with van der Waals surface area (Å²) in [6.45, 7) is 5.40. The number of rotatable bonds is 5. The third-order valence-electron chi connectivity index (χ3n) is 2.98. The molecule has 100 valence electrons. The second-order valence-electron chi connectivity index (χ2n) is 3.97. The van der Waals surface area contributed by atoms with E-state index in [0.29, 0.717) is 11.4 Å². The molecular formula is C12H15N5O2. The van der Waals surface area contributed by atoms with Crippen LogP contribution in [0.4, 0.5) is 11.4 Å². The monoisotopic (exact) mass is 261 g/mol. The van der Waals surface area contributed by atoms with Crippen LogP contribution in [0.15, 0.2) is 30.9 Å². The van der Waals surface area contributed by atoms with Gasteiger partial charge in [0.15, 0.2) is 0 Å². The summed E-state index contributed by atoms with van der Waals surface area (Å²) in [4.78, 5) is 12.8. The minimum Gasteiger partial charge on any atom is -0.367 e. The van der Waals surface area contributed by atoms with Crippen molar-refractivity contribution in [1.29, 1.82) is 0 Å². The molecule has 1 heterocycles. The summed E-state index contributed by atoms with van der Waals surface area (Å²) in [5.41, 5.74) is 1.40. The summed E-state index contributed by atoms with van der Waals surface area (Å²) in [7, 11) is 0. The molecule has 1 aromatic carbocycles. The highest BCUT2D eigenvalue weighted by molar-refractivity contribution is 5.66. The Bertz CT molecular complexity index is 564. The standard InChI is InChI=1S/C12H15N5O2/c1-3-15(4-2)11-6-5-10(7-12(11)17(18)19)16-8-13-14-9-16/h5-9H,3-4H2,1-2H3. The Balaban J connectivity index is 2.49. The first kappa shape index (κ1) is 13.0. The van der Waals surface area contributed by atoms with E-state index >= 15 is 0 Å². The van der Waals surface area contributed by atoms with Crippen molar-refractivity contribution >= 4 is 11.4 Å². The van der Waals surface area contributed by atoms with Crippen LogP contribution in [0, 0.1) is 10.1 Å². The first-order valence-corrected chi connectivity index (χ1v) is 6.05. The first-order chi connectivity index (χ1) is 9.17. The van der Waals surface area contributed by atoms with E-state index in [-0.39, 0.29) is 10.6 Å². The molecule has 2 aromatic rings. The number of hydrogen-bond donors (Lipinski definition) is 0. The van der Waals surface area contributed by atoms with Crippen LogP contribution in [0.1, 0.15) is 13.8 Å². The third-order valence-corrected chi connectivity index (χ3v) is 2.98. The van der Waals surface area contributed by atoms with Gasteiger partial charge in [-0.05, 0) is 26.0 Å². The van der Waals surface area contributed by atoms with Gasteiger partial charge in [-0.3, -0.25) is 14.7 Å². The quantitative estimate of drug-likeness (QED) is 0.608. The fourth-order valence-corrected chi connectivity index (χ4v) is 1.98. The molecule has 1 aromatic heterocycles. The molecule has 0 aliphatic carbocycles. The second-order valence-corrected chi connectivity index (χ2v) is 3.97. The van der Waals surface area contributed by atoms with Crippen molar-refractivity contribution in [3.63, 3.8) is 0 Å². The molecule has 7 nitrogen and oxygen atoms in total. The Kier molecular flexibility index (Phi) is 3.74. The number of anilines is 1. The van der Waals surface area contributed by atoms with Crippen molar-refractivity contribution in [3.05, 3.63) is 41.0 Å². The third kappa shape index (κ3) is 2.54. The molecule has 0 fully saturated rings. The van der Waals surface area contributed by atoms with Gasteiger partial charge in [-0.2, -0.15) is 0 Å². The van der Waals surface area contributed by atoms with Crippen molar-refractivity contribution in [2.24, 2.45) is 0 Å². The Morgan fingerprint density at radius 1 is 1.26 bits per heavy atom. The highest BCUT2D eigenvalue weighted by Gasteiger charge is 2.18. The van der Waals surface area contributed by atoms with E-state index in [2.05, 4.69) is 10.2 Å². The van der Waals surface area contributed by atoms with Gasteiger partial charge < -0.3 is 4.90 Å². The van der Waals surface area contributed by atoms with E-state index in [1.165, 1.54) is 18.7 Å². The maximum atomic E-state index is 11.2. The van der Waals surface area contributed by atoms with Crippen LogP contribution in [-0.4, -0.2) is 32.8 Å². The van der Waals surface area contributed by atoms with Crippen molar-refractivity contribution in [2.75, 3.05) is 18.0 Å². The molecule has 0 amide bonds. The smallest absolute Gasteiger partial charge is 0.294 e. The van der Waals surface area contributed by atoms with Gasteiger partial charge in [0.2, 0.25) is 0 Å². The summed E-state index contributed by atoms with van der Waals surface area (Å²) in [6.07, 6.45) is 3.02. The minimum atomic E-state index is -0.360. The van der Waals surface area contributed by atoms with Gasteiger partial charge in [0.1, 0.15) is 18.3 Å². The summed E-state index contributed by atoms with van der Waals surface area (Å²) in [5.74, 6) is 0. The molecule has 0 aliphatic heterocycles. The number of aromatic nitrogens is 3. The number of benzene rings is 1. The Morgan fingerprint density at radius 3 is 2.42 bits per heavy atom. The zero-order chi connectivity index (χ0) is 13.8. The molecule has 0 atom stereocenters. The fourth-order valence-electron chi connectivity index (χ4n) is 1.98. The SMILES string of the molecule is CCN(CC)c1ccc(-n2cnnc2)cc1[N+](=O)[O-]. The van der Waals surface area contributed by atoms with Crippen LogP contribution in [-0.2, 0) is 0 Å². The Morgan fingerprint density at radius 2 is 1.89 bits per heavy atom. The maximum absolute atomic E-state index is 11.2. The number of nitro groups is 1. The van der Waals surface area contributed by atoms with Crippen LogP contribution < -0.4 is 4.90 Å². The number of nitrogens with zero attached hydrogens (tertiary/aromatic N) is 5. The molecule has 0 saturated heterocycles. The molecule has 2 rings (SSSR count). The summed E-state index contributed by atoms with van der Waals surface area (Å²) < 4.78 is 1.64. The van der Waals surface area contributed by atoms with Crippen LogP contribution >= 0.6 is 0 Å². The van der Waals surface area contributed by atoms with Gasteiger partial charge >= 0.3 is 0 Å². The molecule has 0 unspecified atom stereocenters. The van der Waals surface area contributed by atoms with E-state index in [9.17, 15) is 10.1 Å². The molecule has 0 bridgehead atoms. The summed E-state index contributed by atoms with van der Waals surface area (Å²) >= 11 is 0. The topological polar surface area (TPSA) is 77.1 Å². The number of hydrogen-bond acceptors (Lipinski definition) is 5. The minimum absolute atomic E-state index is 0.0925. The predicted molar refractivity (Wildman–Crippen MR) is 71.6 cm³/mol. The maximum Gasteiger partial charge on any atom is 0.294 e. The van der Waals surface area contributed by atoms with E-state index < -0.39 is 0 Å². The van der Waals surface area contributed by atoms with Crippen molar-refractivity contribution < 1.29 is 4.92 Å². The Hall–Kier alpha value is -2.44. The van der Waals surface area contributed by atoms with Crippen molar-refractivity contribution in [1.82, 2.24) is 14.8 Å². The lowest BCUT2D eigenvalue weighted by atomic mass is 10.2. The molecule has 0 N–H and O–H groups in total. The zero-order valence-electron chi connectivity index (χ0n) is 10.9. The van der Waals surface area contributed by atoms with Crippen LogP contribution in [0.2, 0.25) is 0 Å². The molecule has 19 heavy (non-hydrogen) atoms. The molecule has 0 saturated carbocycles. The van der Waals surface area contributed by atoms with Crippen LogP contribution in [0.25, 0.3) is 5.69 Å². The Labute approximate surface area is 110 Å². The highest BCUT2D eigenvalue weighted by atomic mass is 16.6. The van der Waals surface area contributed by atoms with Crippen molar-refractivity contribution in [2.45, 2.75) is 13.8 Å². The molecule has 7 heteroatoms. The average molecular weight is 261 g/mol. The highest BCUT2D eigenvalue weighted by Crippen LogP contribution is 2.30. The van der Waals surface area contributed by atoms with Gasteiger partial charge in [-0.25, -0.2) is 0 Å². The lowest BCUT2D eigenvalue weighted by molar-refractivity contribution is -0.384.